The third-order valence-corrected chi connectivity index (χ3v) is 5.06. The molecule has 26 heavy (non-hydrogen) atoms. The Labute approximate surface area is 152 Å². The first kappa shape index (κ1) is 18.0. The molecule has 3 amide bonds. The van der Waals surface area contributed by atoms with Gasteiger partial charge in [0.05, 0.1) is 5.54 Å². The Morgan fingerprint density at radius 1 is 1.46 bits per heavy atom. The van der Waals surface area contributed by atoms with Crippen LogP contribution in [-0.2, 0) is 9.53 Å². The van der Waals surface area contributed by atoms with Crippen LogP contribution in [0.3, 0.4) is 0 Å². The van der Waals surface area contributed by atoms with Gasteiger partial charge in [-0.2, -0.15) is 0 Å². The number of cyclic esters (lactones) is 1. The van der Waals surface area contributed by atoms with Crippen molar-refractivity contribution in [3.8, 4) is 0 Å². The van der Waals surface area contributed by atoms with E-state index >= 15 is 0 Å². The number of alkyl carbamates (subject to hydrolysis) is 1. The molecule has 0 saturated carbocycles. The maximum Gasteiger partial charge on any atom is 0.407 e. The van der Waals surface area contributed by atoms with Crippen molar-refractivity contribution in [1.82, 2.24) is 10.2 Å². The summed E-state index contributed by atoms with van der Waals surface area (Å²) in [6.07, 6.45) is 2.58. The summed E-state index contributed by atoms with van der Waals surface area (Å²) < 4.78 is 5.06. The van der Waals surface area contributed by atoms with E-state index < -0.39 is 11.6 Å². The average molecular weight is 357 g/mol. The number of likely N-dealkylation sites (tertiary alicyclic amines) is 1. The molecule has 0 spiro atoms. The van der Waals surface area contributed by atoms with E-state index in [4.69, 9.17) is 4.74 Å². The summed E-state index contributed by atoms with van der Waals surface area (Å²) in [6, 6.07) is 6.86. The summed E-state index contributed by atoms with van der Waals surface area (Å²) in [7, 11) is 0. The summed E-state index contributed by atoms with van der Waals surface area (Å²) in [5.74, 6) is -0.272. The molecule has 2 unspecified atom stereocenters. The fourth-order valence-corrected chi connectivity index (χ4v) is 3.53. The van der Waals surface area contributed by atoms with Gasteiger partial charge in [0.2, 0.25) is 5.91 Å². The van der Waals surface area contributed by atoms with E-state index in [9.17, 15) is 14.4 Å². The first-order valence-electron chi connectivity index (χ1n) is 8.69. The second-order valence-electron chi connectivity index (χ2n) is 6.98. The van der Waals surface area contributed by atoms with Gasteiger partial charge in [-0.15, -0.1) is 0 Å². The van der Waals surface area contributed by atoms with E-state index in [2.05, 4.69) is 17.2 Å². The number of carbonyl (C=O) groups excluding carboxylic acids is 3. The Morgan fingerprint density at radius 3 is 2.96 bits per heavy atom. The fraction of sp³-hybridized carbons (Fsp3) is 0.421. The highest BCUT2D eigenvalue weighted by atomic mass is 16.6. The van der Waals surface area contributed by atoms with Crippen LogP contribution in [0.2, 0.25) is 0 Å². The van der Waals surface area contributed by atoms with Crippen molar-refractivity contribution in [2.24, 2.45) is 5.92 Å². The Morgan fingerprint density at radius 2 is 2.27 bits per heavy atom. The zero-order valence-electron chi connectivity index (χ0n) is 14.8. The third kappa shape index (κ3) is 3.71. The molecule has 2 fully saturated rings. The van der Waals surface area contributed by atoms with Gasteiger partial charge in [0.15, 0.2) is 0 Å². The minimum atomic E-state index is -0.449. The number of carbonyl (C=O) groups is 3. The Hall–Kier alpha value is -2.83. The van der Waals surface area contributed by atoms with Crippen LogP contribution in [-0.4, -0.2) is 48.0 Å². The molecule has 2 aliphatic heterocycles. The Balaban J connectivity index is 1.71. The lowest BCUT2D eigenvalue weighted by molar-refractivity contribution is -0.111. The van der Waals surface area contributed by atoms with Crippen LogP contribution >= 0.6 is 0 Å². The van der Waals surface area contributed by atoms with Gasteiger partial charge in [-0.05, 0) is 44.0 Å². The van der Waals surface area contributed by atoms with E-state index in [-0.39, 0.29) is 17.7 Å². The number of amides is 3. The maximum absolute atomic E-state index is 12.9. The molecule has 2 atom stereocenters. The standard InChI is InChI=1S/C19H23N3O4/c1-3-16(23)20-15-8-4-6-13(10-15)17(24)22-9-5-7-14(11-22)19(2)12-26-18(25)21-19/h3-4,6,8,10,14H,1,5,7,9,11-12H2,2H3,(H,20,23)(H,21,25). The smallest absolute Gasteiger partial charge is 0.407 e. The van der Waals surface area contributed by atoms with Crippen LogP contribution < -0.4 is 10.6 Å². The van der Waals surface area contributed by atoms with Crippen LogP contribution in [0.5, 0.6) is 0 Å². The number of hydrogen-bond acceptors (Lipinski definition) is 4. The highest BCUT2D eigenvalue weighted by Crippen LogP contribution is 2.31. The summed E-state index contributed by atoms with van der Waals surface area (Å²) in [6.45, 7) is 6.93. The predicted octanol–water partition coefficient (Wildman–Crippen LogP) is 2.16. The number of nitrogens with zero attached hydrogens (tertiary/aromatic N) is 1. The monoisotopic (exact) mass is 357 g/mol. The van der Waals surface area contributed by atoms with Crippen molar-refractivity contribution in [1.29, 1.82) is 0 Å². The summed E-state index contributed by atoms with van der Waals surface area (Å²) >= 11 is 0. The summed E-state index contributed by atoms with van der Waals surface area (Å²) in [5.41, 5.74) is 0.623. The first-order valence-corrected chi connectivity index (χ1v) is 8.69. The van der Waals surface area contributed by atoms with Gasteiger partial charge in [0.1, 0.15) is 6.61 Å². The zero-order chi connectivity index (χ0) is 18.7. The predicted molar refractivity (Wildman–Crippen MR) is 96.8 cm³/mol. The van der Waals surface area contributed by atoms with Crippen LogP contribution in [0, 0.1) is 5.92 Å². The van der Waals surface area contributed by atoms with Crippen molar-refractivity contribution in [3.63, 3.8) is 0 Å². The Kier molecular flexibility index (Phi) is 4.97. The molecular formula is C19H23N3O4. The molecule has 1 aromatic carbocycles. The molecule has 0 radical (unpaired) electrons. The van der Waals surface area contributed by atoms with Crippen LogP contribution in [0.1, 0.15) is 30.1 Å². The molecule has 2 N–H and O–H groups in total. The van der Waals surface area contributed by atoms with Crippen molar-refractivity contribution < 1.29 is 19.1 Å². The molecule has 2 heterocycles. The van der Waals surface area contributed by atoms with Gasteiger partial charge in [-0.1, -0.05) is 12.6 Å². The second-order valence-corrected chi connectivity index (χ2v) is 6.98. The molecule has 138 valence electrons. The van der Waals surface area contributed by atoms with Gasteiger partial charge in [-0.25, -0.2) is 4.79 Å². The van der Waals surface area contributed by atoms with Crippen LogP contribution in [0.25, 0.3) is 0 Å². The molecule has 3 rings (SSSR count). The van der Waals surface area contributed by atoms with E-state index in [0.717, 1.165) is 12.8 Å². The zero-order valence-corrected chi connectivity index (χ0v) is 14.8. The SMILES string of the molecule is C=CC(=O)Nc1cccc(C(=O)N2CCCC(C3(C)COC(=O)N3)C2)c1. The molecule has 0 bridgehead atoms. The highest BCUT2D eigenvalue weighted by Gasteiger charge is 2.44. The number of hydrogen-bond donors (Lipinski definition) is 2. The van der Waals surface area contributed by atoms with E-state index in [0.29, 0.717) is 30.9 Å². The quantitative estimate of drug-likeness (QED) is 0.809. The number of rotatable bonds is 4. The van der Waals surface area contributed by atoms with Crippen LogP contribution in [0.15, 0.2) is 36.9 Å². The highest BCUT2D eigenvalue weighted by molar-refractivity contribution is 6.00. The number of benzene rings is 1. The van der Waals surface area contributed by atoms with Crippen molar-refractivity contribution in [2.45, 2.75) is 25.3 Å². The number of ether oxygens (including phenoxy) is 1. The van der Waals surface area contributed by atoms with Crippen LogP contribution in [0.4, 0.5) is 10.5 Å². The van der Waals surface area contributed by atoms with E-state index in [1.807, 2.05) is 6.92 Å². The molecule has 2 saturated heterocycles. The topological polar surface area (TPSA) is 87.7 Å². The lowest BCUT2D eigenvalue weighted by atomic mass is 9.81. The van der Waals surface area contributed by atoms with Gasteiger partial charge in [-0.3, -0.25) is 9.59 Å². The van der Waals surface area contributed by atoms with Gasteiger partial charge >= 0.3 is 6.09 Å². The van der Waals surface area contributed by atoms with Crippen molar-refractivity contribution in [3.05, 3.63) is 42.5 Å². The fourth-order valence-electron chi connectivity index (χ4n) is 3.53. The molecular weight excluding hydrogens is 334 g/mol. The molecule has 0 aliphatic carbocycles. The van der Waals surface area contributed by atoms with Gasteiger partial charge in [0, 0.05) is 30.3 Å². The molecule has 7 nitrogen and oxygen atoms in total. The third-order valence-electron chi connectivity index (χ3n) is 5.06. The van der Waals surface area contributed by atoms with Crippen molar-refractivity contribution in [2.75, 3.05) is 25.0 Å². The molecule has 2 aliphatic rings. The summed E-state index contributed by atoms with van der Waals surface area (Å²) in [5, 5.41) is 5.54. The van der Waals surface area contributed by atoms with Crippen molar-refractivity contribution >= 4 is 23.6 Å². The summed E-state index contributed by atoms with van der Waals surface area (Å²) in [4.78, 5) is 37.6. The number of piperidine rings is 1. The number of anilines is 1. The molecule has 0 aromatic heterocycles. The first-order chi connectivity index (χ1) is 12.4. The minimum Gasteiger partial charge on any atom is -0.447 e. The van der Waals surface area contributed by atoms with E-state index in [1.54, 1.807) is 29.2 Å². The maximum atomic E-state index is 12.9. The lowest BCUT2D eigenvalue weighted by Crippen LogP contribution is -2.54. The normalized spacial score (nSPS) is 25.2. The van der Waals surface area contributed by atoms with Gasteiger partial charge < -0.3 is 20.3 Å². The van der Waals surface area contributed by atoms with Gasteiger partial charge in [0.25, 0.3) is 5.91 Å². The van der Waals surface area contributed by atoms with E-state index in [1.165, 1.54) is 6.08 Å². The Bertz CT molecular complexity index is 748. The second kappa shape index (κ2) is 7.19. The molecule has 7 heteroatoms. The minimum absolute atomic E-state index is 0.0850. The average Bonchev–Trinajstić information content (AvgIpc) is 3.01. The largest absolute Gasteiger partial charge is 0.447 e. The number of nitrogens with one attached hydrogen (secondary N) is 2. The molecule has 1 aromatic rings. The lowest BCUT2D eigenvalue weighted by Gasteiger charge is -2.40.